The summed E-state index contributed by atoms with van der Waals surface area (Å²) in [7, 11) is 3.28. The van der Waals surface area contributed by atoms with Gasteiger partial charge in [-0.1, -0.05) is 36.4 Å². The third-order valence-electron chi connectivity index (χ3n) is 4.54. The minimum atomic E-state index is 0.116. The molecule has 4 heteroatoms. The number of nitrogens with one attached hydrogen (secondary N) is 1. The predicted octanol–water partition coefficient (Wildman–Crippen LogP) is 3.17. The summed E-state index contributed by atoms with van der Waals surface area (Å²) >= 11 is 0. The maximum atomic E-state index is 12.3. The first-order valence-corrected chi connectivity index (χ1v) is 8.26. The summed E-state index contributed by atoms with van der Waals surface area (Å²) in [5.41, 5.74) is 2.32. The zero-order valence-electron chi connectivity index (χ0n) is 14.1. The van der Waals surface area contributed by atoms with Crippen LogP contribution in [0.4, 0.5) is 0 Å². The average molecular weight is 325 g/mol. The van der Waals surface area contributed by atoms with Crippen LogP contribution in [0.15, 0.2) is 48.5 Å². The van der Waals surface area contributed by atoms with Crippen LogP contribution in [0.1, 0.15) is 23.5 Å². The largest absolute Gasteiger partial charge is 0.497 e. The number of rotatable bonds is 7. The number of hydrogen-bond acceptors (Lipinski definition) is 3. The molecule has 0 bridgehead atoms. The molecule has 4 nitrogen and oxygen atoms in total. The van der Waals surface area contributed by atoms with E-state index in [1.165, 1.54) is 5.56 Å². The summed E-state index contributed by atoms with van der Waals surface area (Å²) < 4.78 is 10.6. The van der Waals surface area contributed by atoms with Gasteiger partial charge in [0.1, 0.15) is 11.5 Å². The van der Waals surface area contributed by atoms with Gasteiger partial charge in [-0.05, 0) is 36.0 Å². The molecule has 24 heavy (non-hydrogen) atoms. The van der Waals surface area contributed by atoms with Crippen molar-refractivity contribution in [2.24, 2.45) is 5.92 Å². The molecule has 1 N–H and O–H groups in total. The molecule has 2 unspecified atom stereocenters. The molecule has 0 spiro atoms. The Morgan fingerprint density at radius 3 is 2.62 bits per heavy atom. The minimum Gasteiger partial charge on any atom is -0.497 e. The molecule has 1 fully saturated rings. The van der Waals surface area contributed by atoms with E-state index in [-0.39, 0.29) is 11.8 Å². The summed E-state index contributed by atoms with van der Waals surface area (Å²) in [6.45, 7) is 0.611. The molecule has 0 saturated heterocycles. The molecule has 0 aliphatic heterocycles. The highest BCUT2D eigenvalue weighted by atomic mass is 16.5. The Balaban J connectivity index is 1.50. The molecule has 0 heterocycles. The summed E-state index contributed by atoms with van der Waals surface area (Å²) in [5.74, 6) is 2.20. The highest BCUT2D eigenvalue weighted by Gasteiger charge is 2.43. The second-order valence-electron chi connectivity index (χ2n) is 6.08. The maximum absolute atomic E-state index is 12.3. The first kappa shape index (κ1) is 16.4. The van der Waals surface area contributed by atoms with Gasteiger partial charge in [0.05, 0.1) is 14.2 Å². The number of benzene rings is 2. The summed E-state index contributed by atoms with van der Waals surface area (Å²) in [6.07, 6.45) is 1.68. The zero-order valence-corrected chi connectivity index (χ0v) is 14.1. The van der Waals surface area contributed by atoms with Gasteiger partial charge in [-0.3, -0.25) is 4.79 Å². The van der Waals surface area contributed by atoms with Crippen LogP contribution in [-0.2, 0) is 11.2 Å². The number of ether oxygens (including phenoxy) is 2. The van der Waals surface area contributed by atoms with Crippen molar-refractivity contribution >= 4 is 5.91 Å². The summed E-state index contributed by atoms with van der Waals surface area (Å²) in [6, 6.07) is 16.0. The highest BCUT2D eigenvalue weighted by molar-refractivity contribution is 5.82. The number of carbonyl (C=O) groups is 1. The van der Waals surface area contributed by atoms with Crippen molar-refractivity contribution in [2.45, 2.75) is 18.8 Å². The van der Waals surface area contributed by atoms with Crippen molar-refractivity contribution in [2.75, 3.05) is 20.8 Å². The normalized spacial score (nSPS) is 18.8. The number of amides is 1. The molecule has 2 aromatic rings. The Morgan fingerprint density at radius 2 is 1.92 bits per heavy atom. The molecule has 1 saturated carbocycles. The van der Waals surface area contributed by atoms with E-state index in [0.29, 0.717) is 12.5 Å². The molecular weight excluding hydrogens is 302 g/mol. The fraction of sp³-hybridized carbons (Fsp3) is 0.350. The smallest absolute Gasteiger partial charge is 0.223 e. The van der Waals surface area contributed by atoms with Crippen molar-refractivity contribution < 1.29 is 14.3 Å². The zero-order chi connectivity index (χ0) is 16.9. The average Bonchev–Trinajstić information content (AvgIpc) is 3.43. The van der Waals surface area contributed by atoms with Crippen LogP contribution in [0.2, 0.25) is 0 Å². The quantitative estimate of drug-likeness (QED) is 0.850. The van der Waals surface area contributed by atoms with E-state index in [0.717, 1.165) is 29.9 Å². The maximum Gasteiger partial charge on any atom is 0.223 e. The van der Waals surface area contributed by atoms with Crippen LogP contribution >= 0.6 is 0 Å². The Labute approximate surface area is 142 Å². The third-order valence-corrected chi connectivity index (χ3v) is 4.54. The number of carbonyl (C=O) groups excluding carboxylic acids is 1. The van der Waals surface area contributed by atoms with Gasteiger partial charge in [-0.2, -0.15) is 0 Å². The van der Waals surface area contributed by atoms with E-state index >= 15 is 0 Å². The fourth-order valence-corrected chi connectivity index (χ4v) is 3.06. The van der Waals surface area contributed by atoms with Crippen molar-refractivity contribution in [1.29, 1.82) is 0 Å². The topological polar surface area (TPSA) is 47.6 Å². The van der Waals surface area contributed by atoms with Gasteiger partial charge in [-0.25, -0.2) is 0 Å². The lowest BCUT2D eigenvalue weighted by Gasteiger charge is -2.11. The van der Waals surface area contributed by atoms with Crippen LogP contribution in [0.3, 0.4) is 0 Å². The van der Waals surface area contributed by atoms with Crippen molar-refractivity contribution in [3.05, 3.63) is 59.7 Å². The van der Waals surface area contributed by atoms with E-state index in [1.54, 1.807) is 14.2 Å². The molecule has 1 aliphatic carbocycles. The Bertz CT molecular complexity index is 699. The Morgan fingerprint density at radius 1 is 1.12 bits per heavy atom. The molecule has 2 aromatic carbocycles. The van der Waals surface area contributed by atoms with Gasteiger partial charge >= 0.3 is 0 Å². The third kappa shape index (κ3) is 3.70. The number of hydrogen-bond donors (Lipinski definition) is 1. The van der Waals surface area contributed by atoms with Gasteiger partial charge < -0.3 is 14.8 Å². The molecular formula is C20H23NO3. The Hall–Kier alpha value is -2.49. The van der Waals surface area contributed by atoms with Gasteiger partial charge in [-0.15, -0.1) is 0 Å². The molecule has 2 atom stereocenters. The van der Waals surface area contributed by atoms with Crippen molar-refractivity contribution in [3.63, 3.8) is 0 Å². The molecule has 0 aromatic heterocycles. The molecule has 1 aliphatic rings. The van der Waals surface area contributed by atoms with Crippen molar-refractivity contribution in [3.8, 4) is 11.5 Å². The van der Waals surface area contributed by atoms with Crippen LogP contribution in [-0.4, -0.2) is 26.7 Å². The van der Waals surface area contributed by atoms with E-state index in [9.17, 15) is 4.79 Å². The predicted molar refractivity (Wildman–Crippen MR) is 93.5 cm³/mol. The van der Waals surface area contributed by atoms with Gasteiger partial charge in [0.2, 0.25) is 5.91 Å². The van der Waals surface area contributed by atoms with E-state index in [2.05, 4.69) is 17.4 Å². The first-order valence-electron chi connectivity index (χ1n) is 8.26. The summed E-state index contributed by atoms with van der Waals surface area (Å²) in [4.78, 5) is 12.3. The van der Waals surface area contributed by atoms with Crippen LogP contribution in [0.5, 0.6) is 11.5 Å². The lowest BCUT2D eigenvalue weighted by molar-refractivity contribution is -0.122. The first-order chi connectivity index (χ1) is 11.7. The van der Waals surface area contributed by atoms with Gasteiger partial charge in [0.15, 0.2) is 0 Å². The second kappa shape index (κ2) is 7.39. The number of methoxy groups -OCH3 is 2. The molecule has 3 rings (SSSR count). The Kier molecular flexibility index (Phi) is 5.04. The van der Waals surface area contributed by atoms with Crippen LogP contribution in [0.25, 0.3) is 0 Å². The van der Waals surface area contributed by atoms with Crippen LogP contribution in [0, 0.1) is 5.92 Å². The van der Waals surface area contributed by atoms with E-state index in [1.807, 2.05) is 36.4 Å². The standard InChI is InChI=1S/C20H23NO3/c1-23-16-9-8-15(19(12-16)24-2)10-11-21-20(22)18-13-17(18)14-6-4-3-5-7-14/h3-9,12,17-18H,10-11,13H2,1-2H3,(H,21,22). The minimum absolute atomic E-state index is 0.116. The fourth-order valence-electron chi connectivity index (χ4n) is 3.06. The van der Waals surface area contributed by atoms with E-state index < -0.39 is 0 Å². The van der Waals surface area contributed by atoms with Gasteiger partial charge in [0, 0.05) is 18.5 Å². The van der Waals surface area contributed by atoms with Crippen LogP contribution < -0.4 is 14.8 Å². The lowest BCUT2D eigenvalue weighted by Crippen LogP contribution is -2.27. The molecule has 0 radical (unpaired) electrons. The lowest BCUT2D eigenvalue weighted by atomic mass is 10.1. The monoisotopic (exact) mass is 325 g/mol. The molecule has 126 valence electrons. The molecule has 1 amide bonds. The van der Waals surface area contributed by atoms with E-state index in [4.69, 9.17) is 9.47 Å². The second-order valence-corrected chi connectivity index (χ2v) is 6.08. The highest BCUT2D eigenvalue weighted by Crippen LogP contribution is 2.47. The SMILES string of the molecule is COc1ccc(CCNC(=O)C2CC2c2ccccc2)c(OC)c1. The summed E-state index contributed by atoms with van der Waals surface area (Å²) in [5, 5.41) is 3.05. The van der Waals surface area contributed by atoms with Crippen molar-refractivity contribution in [1.82, 2.24) is 5.32 Å². The van der Waals surface area contributed by atoms with Gasteiger partial charge in [0.25, 0.3) is 0 Å².